The number of aliphatic hydroxyl groups is 4. The Morgan fingerprint density at radius 3 is 2.84 bits per heavy atom. The van der Waals surface area contributed by atoms with Crippen molar-refractivity contribution in [2.75, 3.05) is 12.3 Å². The van der Waals surface area contributed by atoms with Gasteiger partial charge in [-0.15, -0.1) is 0 Å². The van der Waals surface area contributed by atoms with Crippen molar-refractivity contribution in [2.45, 2.75) is 43.6 Å². The number of nitrogens with two attached hydrogens (primary N) is 1. The number of anilines is 1. The average Bonchev–Trinajstić information content (AvgIpc) is 3.44. The van der Waals surface area contributed by atoms with E-state index < -0.39 is 30.3 Å². The molecule has 1 aliphatic heterocycles. The molecule has 7 rings (SSSR count). The number of hydrogen-bond acceptors (Lipinski definition) is 9. The number of fused-ring (bicyclic) bond motifs is 1. The number of aliphatic hydroxyl groups excluding tert-OH is 3. The van der Waals surface area contributed by atoms with Gasteiger partial charge in [-0.2, -0.15) is 0 Å². The normalized spacial score (nSPS) is 38.0. The van der Waals surface area contributed by atoms with Gasteiger partial charge in [-0.3, -0.25) is 4.57 Å². The molecule has 4 fully saturated rings. The van der Waals surface area contributed by atoms with E-state index in [0.717, 1.165) is 25.2 Å². The van der Waals surface area contributed by atoms with Gasteiger partial charge in [-0.25, -0.2) is 15.0 Å². The van der Waals surface area contributed by atoms with Gasteiger partial charge in [-0.05, 0) is 49.4 Å². The topological polar surface area (TPSA) is 160 Å². The summed E-state index contributed by atoms with van der Waals surface area (Å²) in [5.41, 5.74) is 5.62. The number of aromatic nitrogens is 4. The van der Waals surface area contributed by atoms with Crippen molar-refractivity contribution in [1.29, 1.82) is 0 Å². The zero-order chi connectivity index (χ0) is 21.5. The van der Waals surface area contributed by atoms with Gasteiger partial charge >= 0.3 is 0 Å². The van der Waals surface area contributed by atoms with Crippen molar-refractivity contribution in [3.05, 3.63) is 23.7 Å². The van der Waals surface area contributed by atoms with E-state index in [2.05, 4.69) is 26.8 Å². The number of nitrogen functional groups attached to an aromatic ring is 1. The molecule has 5 aliphatic rings. The fourth-order valence-corrected chi connectivity index (χ4v) is 6.19. The van der Waals surface area contributed by atoms with Crippen LogP contribution < -0.4 is 5.73 Å². The van der Waals surface area contributed by atoms with Gasteiger partial charge in [0.25, 0.3) is 0 Å². The fourth-order valence-electron chi connectivity index (χ4n) is 6.19. The van der Waals surface area contributed by atoms with E-state index in [1.54, 1.807) is 0 Å². The number of imidazole rings is 1. The van der Waals surface area contributed by atoms with Crippen LogP contribution in [0, 0.1) is 35.5 Å². The summed E-state index contributed by atoms with van der Waals surface area (Å²) in [4.78, 5) is 12.9. The predicted molar refractivity (Wildman–Crippen MR) is 107 cm³/mol. The number of ether oxygens (including phenoxy) is 1. The minimum Gasteiger partial charge on any atom is -0.506 e. The predicted octanol–water partition coefficient (Wildman–Crippen LogP) is 0.209. The minimum absolute atomic E-state index is 0.112. The van der Waals surface area contributed by atoms with Gasteiger partial charge in [0.1, 0.15) is 24.1 Å². The van der Waals surface area contributed by atoms with Crippen molar-refractivity contribution in [3.8, 4) is 11.8 Å². The summed E-state index contributed by atoms with van der Waals surface area (Å²) >= 11 is 0. The summed E-state index contributed by atoms with van der Waals surface area (Å²) in [5.74, 6) is 7.39. The van der Waals surface area contributed by atoms with E-state index in [9.17, 15) is 20.4 Å². The standard InChI is InChI=1S/C21H23N5O5/c22-18-15-19(26(8-23-15)20-17(29)16(28)13(7-27)31-20)25-14(24-18)1-2-21(30)11-4-9-3-10(6-11)12(21)5-9/h8-12,17,20,27-30H,3-7H2,(H2,22,24,25)/t9?,10?,11?,12?,17?,20-,21?/m1/s1. The molecule has 162 valence electrons. The molecule has 0 saturated heterocycles. The Kier molecular flexibility index (Phi) is 3.85. The highest BCUT2D eigenvalue weighted by Gasteiger charge is 2.61. The van der Waals surface area contributed by atoms with Crippen LogP contribution in [0.2, 0.25) is 0 Å². The van der Waals surface area contributed by atoms with Crippen molar-refractivity contribution < 1.29 is 25.2 Å². The molecular weight excluding hydrogens is 402 g/mol. The second-order valence-corrected chi connectivity index (χ2v) is 9.12. The third-order valence-electron chi connectivity index (χ3n) is 7.52. The van der Waals surface area contributed by atoms with Crippen LogP contribution in [0.4, 0.5) is 5.82 Å². The van der Waals surface area contributed by atoms with Gasteiger partial charge in [0.15, 0.2) is 29.1 Å². The Balaban J connectivity index is 1.37. The second kappa shape index (κ2) is 6.32. The molecule has 10 heteroatoms. The molecule has 6 unspecified atom stereocenters. The molecule has 2 aromatic rings. The Bertz CT molecular complexity index is 1180. The van der Waals surface area contributed by atoms with Gasteiger partial charge in [0, 0.05) is 5.92 Å². The van der Waals surface area contributed by atoms with Gasteiger partial charge < -0.3 is 30.9 Å². The maximum Gasteiger partial charge on any atom is 0.211 e. The van der Waals surface area contributed by atoms with E-state index in [-0.39, 0.29) is 34.9 Å². The zero-order valence-corrected chi connectivity index (χ0v) is 16.6. The average molecular weight is 425 g/mol. The van der Waals surface area contributed by atoms with Crippen molar-refractivity contribution in [2.24, 2.45) is 23.7 Å². The van der Waals surface area contributed by atoms with Gasteiger partial charge in [-0.1, -0.05) is 5.92 Å². The van der Waals surface area contributed by atoms with Crippen LogP contribution in [0.3, 0.4) is 0 Å². The molecular formula is C21H23N5O5. The van der Waals surface area contributed by atoms with Crippen LogP contribution in [-0.4, -0.2) is 58.3 Å². The molecule has 0 aromatic carbocycles. The lowest BCUT2D eigenvalue weighted by atomic mass is 9.72. The third-order valence-corrected chi connectivity index (χ3v) is 7.52. The maximum atomic E-state index is 11.3. The summed E-state index contributed by atoms with van der Waals surface area (Å²) in [6, 6.07) is 0. The van der Waals surface area contributed by atoms with E-state index in [1.165, 1.54) is 17.3 Å². The highest BCUT2D eigenvalue weighted by molar-refractivity contribution is 5.82. The Morgan fingerprint density at radius 1 is 1.26 bits per heavy atom. The van der Waals surface area contributed by atoms with Crippen LogP contribution in [0.25, 0.3) is 11.2 Å². The molecule has 3 heterocycles. The number of rotatable bonds is 2. The zero-order valence-electron chi connectivity index (χ0n) is 16.6. The fraction of sp³-hybridized carbons (Fsp3) is 0.571. The highest BCUT2D eigenvalue weighted by Crippen LogP contribution is 2.62. The van der Waals surface area contributed by atoms with E-state index in [1.807, 2.05) is 0 Å². The molecule has 2 aromatic heterocycles. The largest absolute Gasteiger partial charge is 0.506 e. The Labute approximate surface area is 177 Å². The Morgan fingerprint density at radius 2 is 2.10 bits per heavy atom. The van der Waals surface area contributed by atoms with Gasteiger partial charge in [0.05, 0.1) is 0 Å². The quantitative estimate of drug-likeness (QED) is 0.424. The molecule has 4 saturated carbocycles. The lowest BCUT2D eigenvalue weighted by Gasteiger charge is -2.36. The van der Waals surface area contributed by atoms with Crippen LogP contribution >= 0.6 is 0 Å². The van der Waals surface area contributed by atoms with Crippen LogP contribution in [0.5, 0.6) is 0 Å². The molecule has 4 bridgehead atoms. The number of hydrogen-bond donors (Lipinski definition) is 5. The molecule has 10 nitrogen and oxygen atoms in total. The van der Waals surface area contributed by atoms with Crippen LogP contribution in [0.1, 0.15) is 37.7 Å². The smallest absolute Gasteiger partial charge is 0.211 e. The monoisotopic (exact) mass is 425 g/mol. The van der Waals surface area contributed by atoms with Gasteiger partial charge in [0.2, 0.25) is 12.1 Å². The lowest BCUT2D eigenvalue weighted by molar-refractivity contribution is -0.0120. The first-order valence-corrected chi connectivity index (χ1v) is 10.5. The molecule has 6 N–H and O–H groups in total. The SMILES string of the molecule is Nc1nc(C#CC2(O)C3CC4CC(C3)C2C4)nc2c1ncn2[C@@H]1OC(CO)=C(O)C1O. The lowest BCUT2D eigenvalue weighted by Crippen LogP contribution is -2.42. The first kappa shape index (κ1) is 18.9. The minimum atomic E-state index is -1.39. The van der Waals surface area contributed by atoms with E-state index in [0.29, 0.717) is 11.4 Å². The van der Waals surface area contributed by atoms with Crippen LogP contribution in [-0.2, 0) is 4.74 Å². The van der Waals surface area contributed by atoms with Crippen LogP contribution in [0.15, 0.2) is 17.8 Å². The summed E-state index contributed by atoms with van der Waals surface area (Å²) in [5, 5.41) is 40.9. The second-order valence-electron chi connectivity index (χ2n) is 9.12. The Hall–Kier alpha value is -2.87. The third kappa shape index (κ3) is 2.54. The first-order chi connectivity index (χ1) is 14.9. The van der Waals surface area contributed by atoms with Crippen molar-refractivity contribution in [1.82, 2.24) is 19.5 Å². The molecule has 0 radical (unpaired) electrons. The first-order valence-electron chi connectivity index (χ1n) is 10.5. The highest BCUT2D eigenvalue weighted by atomic mass is 16.5. The molecule has 4 aliphatic carbocycles. The molecule has 7 atom stereocenters. The van der Waals surface area contributed by atoms with E-state index >= 15 is 0 Å². The molecule has 0 amide bonds. The molecule has 31 heavy (non-hydrogen) atoms. The molecule has 0 spiro atoms. The summed E-state index contributed by atoms with van der Waals surface area (Å²) < 4.78 is 6.88. The van der Waals surface area contributed by atoms with Crippen molar-refractivity contribution in [3.63, 3.8) is 0 Å². The summed E-state index contributed by atoms with van der Waals surface area (Å²) in [7, 11) is 0. The van der Waals surface area contributed by atoms with E-state index in [4.69, 9.17) is 10.5 Å². The summed E-state index contributed by atoms with van der Waals surface area (Å²) in [6.45, 7) is -0.553. The summed E-state index contributed by atoms with van der Waals surface area (Å²) in [6.07, 6.45) is 3.19. The maximum absolute atomic E-state index is 11.3. The van der Waals surface area contributed by atoms with Crippen molar-refractivity contribution >= 4 is 17.0 Å². The number of nitrogens with zero attached hydrogens (tertiary/aromatic N) is 4.